The standard InChI is InChI=1S/C30H33F3N2O2S/c1-29(12-13-37-27(18-29)26-17-23(11-14-38-3)34-35(26)19-36-2)28-24-10-5-4-7-21(24)16-25(28)20-8-6-9-22(15-20)30(31,32)33/h4-10,15-17,27-28H,11-14,18-19H2,1-3H3. The summed E-state index contributed by atoms with van der Waals surface area (Å²) in [5.74, 6) is 0.930. The first kappa shape index (κ1) is 27.0. The van der Waals surface area contributed by atoms with Crippen LogP contribution in [0.1, 0.15) is 65.4 Å². The Kier molecular flexibility index (Phi) is 7.76. The molecule has 0 spiro atoms. The van der Waals surface area contributed by atoms with Crippen LogP contribution in [0.15, 0.2) is 54.6 Å². The van der Waals surface area contributed by atoms with Crippen molar-refractivity contribution in [3.05, 3.63) is 88.2 Å². The lowest BCUT2D eigenvalue weighted by atomic mass is 9.64. The molecule has 5 rings (SSSR count). The zero-order valence-electron chi connectivity index (χ0n) is 21.9. The molecule has 3 unspecified atom stereocenters. The average Bonchev–Trinajstić information content (AvgIpc) is 3.49. The number of aromatic nitrogens is 2. The Morgan fingerprint density at radius 2 is 1.97 bits per heavy atom. The van der Waals surface area contributed by atoms with Crippen molar-refractivity contribution in [2.45, 2.75) is 51.1 Å². The molecule has 3 atom stereocenters. The maximum absolute atomic E-state index is 13.6. The van der Waals surface area contributed by atoms with Gasteiger partial charge in [-0.05, 0) is 70.7 Å². The van der Waals surface area contributed by atoms with Gasteiger partial charge in [-0.15, -0.1) is 0 Å². The van der Waals surface area contributed by atoms with E-state index in [-0.39, 0.29) is 17.4 Å². The minimum atomic E-state index is -4.39. The number of aryl methyl sites for hydroxylation is 1. The number of allylic oxidation sites excluding steroid dienone is 1. The molecule has 3 aromatic rings. The normalized spacial score (nSPS) is 23.4. The topological polar surface area (TPSA) is 36.3 Å². The number of thioether (sulfide) groups is 1. The molecule has 202 valence electrons. The molecular formula is C30H33F3N2O2S. The van der Waals surface area contributed by atoms with E-state index < -0.39 is 11.7 Å². The van der Waals surface area contributed by atoms with E-state index in [0.717, 1.165) is 59.2 Å². The van der Waals surface area contributed by atoms with Crippen molar-refractivity contribution >= 4 is 23.4 Å². The van der Waals surface area contributed by atoms with Gasteiger partial charge >= 0.3 is 6.18 Å². The number of methoxy groups -OCH3 is 1. The van der Waals surface area contributed by atoms with Gasteiger partial charge in [0.05, 0.1) is 23.1 Å². The molecule has 0 N–H and O–H groups in total. The molecule has 38 heavy (non-hydrogen) atoms. The van der Waals surface area contributed by atoms with E-state index in [1.54, 1.807) is 24.9 Å². The van der Waals surface area contributed by atoms with Crippen LogP contribution in [0, 0.1) is 5.41 Å². The average molecular weight is 543 g/mol. The van der Waals surface area contributed by atoms with Crippen molar-refractivity contribution in [3.8, 4) is 0 Å². The summed E-state index contributed by atoms with van der Waals surface area (Å²) in [6, 6.07) is 16.0. The van der Waals surface area contributed by atoms with Gasteiger partial charge in [0.15, 0.2) is 0 Å². The third kappa shape index (κ3) is 5.31. The number of hydrogen-bond donors (Lipinski definition) is 0. The second kappa shape index (κ2) is 10.9. The van der Waals surface area contributed by atoms with E-state index in [1.807, 2.05) is 16.8 Å². The Hall–Kier alpha value is -2.55. The number of fused-ring (bicyclic) bond motifs is 1. The molecule has 1 aromatic heterocycles. The first-order valence-electron chi connectivity index (χ1n) is 12.9. The zero-order chi connectivity index (χ0) is 26.9. The fourth-order valence-corrected chi connectivity index (χ4v) is 6.38. The summed E-state index contributed by atoms with van der Waals surface area (Å²) in [7, 11) is 1.65. The Labute approximate surface area is 226 Å². The number of rotatable bonds is 8. The van der Waals surface area contributed by atoms with Crippen LogP contribution >= 0.6 is 11.8 Å². The van der Waals surface area contributed by atoms with Gasteiger partial charge in [0.1, 0.15) is 6.73 Å². The Balaban J connectivity index is 1.52. The Bertz CT molecular complexity index is 1320. The summed E-state index contributed by atoms with van der Waals surface area (Å²) in [6.45, 7) is 3.16. The number of nitrogens with zero attached hydrogens (tertiary/aromatic N) is 2. The lowest BCUT2D eigenvalue weighted by Crippen LogP contribution is -2.35. The van der Waals surface area contributed by atoms with E-state index in [9.17, 15) is 13.2 Å². The third-order valence-corrected chi connectivity index (χ3v) is 8.41. The molecule has 1 fully saturated rings. The van der Waals surface area contributed by atoms with E-state index in [1.165, 1.54) is 12.1 Å². The fraction of sp³-hybridized carbons (Fsp3) is 0.433. The summed E-state index contributed by atoms with van der Waals surface area (Å²) < 4.78 is 54.5. The number of ether oxygens (including phenoxy) is 2. The minimum Gasteiger partial charge on any atom is -0.372 e. The van der Waals surface area contributed by atoms with Crippen molar-refractivity contribution in [3.63, 3.8) is 0 Å². The van der Waals surface area contributed by atoms with E-state index in [2.05, 4.69) is 37.5 Å². The summed E-state index contributed by atoms with van der Waals surface area (Å²) in [6.07, 6.45) is 1.97. The highest BCUT2D eigenvalue weighted by Crippen LogP contribution is 2.58. The SMILES string of the molecule is COCn1nc(CCSC)cc1C1CC(C)(C2C(c3cccc(C(F)(F)F)c3)=Cc3ccccc32)CCO1. The van der Waals surface area contributed by atoms with Crippen LogP contribution in [0.3, 0.4) is 0 Å². The Morgan fingerprint density at radius 3 is 2.74 bits per heavy atom. The number of hydrogen-bond acceptors (Lipinski definition) is 4. The zero-order valence-corrected chi connectivity index (χ0v) is 22.7. The summed E-state index contributed by atoms with van der Waals surface area (Å²) >= 11 is 1.78. The van der Waals surface area contributed by atoms with Crippen LogP contribution < -0.4 is 0 Å². The predicted octanol–water partition coefficient (Wildman–Crippen LogP) is 7.61. The molecular weight excluding hydrogens is 509 g/mol. The molecule has 1 aliphatic carbocycles. The summed E-state index contributed by atoms with van der Waals surface area (Å²) in [5, 5.41) is 4.77. The number of benzene rings is 2. The van der Waals surface area contributed by atoms with Crippen LogP contribution in [0.2, 0.25) is 0 Å². The predicted molar refractivity (Wildman–Crippen MR) is 146 cm³/mol. The third-order valence-electron chi connectivity index (χ3n) is 7.80. The van der Waals surface area contributed by atoms with Crippen LogP contribution in [-0.2, 0) is 28.8 Å². The monoisotopic (exact) mass is 542 g/mol. The lowest BCUT2D eigenvalue weighted by Gasteiger charge is -2.44. The second-order valence-electron chi connectivity index (χ2n) is 10.4. The fourth-order valence-electron chi connectivity index (χ4n) is 5.97. The van der Waals surface area contributed by atoms with Crippen molar-refractivity contribution in [1.82, 2.24) is 9.78 Å². The summed E-state index contributed by atoms with van der Waals surface area (Å²) in [5.41, 5.74) is 4.93. The van der Waals surface area contributed by atoms with Crippen molar-refractivity contribution in [2.24, 2.45) is 5.41 Å². The smallest absolute Gasteiger partial charge is 0.372 e. The Morgan fingerprint density at radius 1 is 1.16 bits per heavy atom. The van der Waals surface area contributed by atoms with Gasteiger partial charge in [-0.1, -0.05) is 49.4 Å². The summed E-state index contributed by atoms with van der Waals surface area (Å²) in [4.78, 5) is 0. The van der Waals surface area contributed by atoms with E-state index >= 15 is 0 Å². The van der Waals surface area contributed by atoms with Crippen molar-refractivity contribution < 1.29 is 22.6 Å². The molecule has 8 heteroatoms. The highest BCUT2D eigenvalue weighted by Gasteiger charge is 2.46. The van der Waals surface area contributed by atoms with E-state index in [4.69, 9.17) is 14.6 Å². The van der Waals surface area contributed by atoms with Gasteiger partial charge in [0.2, 0.25) is 0 Å². The van der Waals surface area contributed by atoms with Gasteiger partial charge in [0, 0.05) is 26.1 Å². The van der Waals surface area contributed by atoms with Crippen LogP contribution in [0.4, 0.5) is 13.2 Å². The highest BCUT2D eigenvalue weighted by atomic mass is 32.2. The molecule has 0 amide bonds. The molecule has 0 bridgehead atoms. The molecule has 1 aliphatic heterocycles. The highest BCUT2D eigenvalue weighted by molar-refractivity contribution is 7.98. The first-order chi connectivity index (χ1) is 18.2. The van der Waals surface area contributed by atoms with Gasteiger partial charge in [0.25, 0.3) is 0 Å². The van der Waals surface area contributed by atoms with Crippen LogP contribution in [-0.4, -0.2) is 35.5 Å². The molecule has 2 heterocycles. The molecule has 2 aromatic carbocycles. The van der Waals surface area contributed by atoms with Crippen LogP contribution in [0.25, 0.3) is 11.6 Å². The number of halogens is 3. The molecule has 0 radical (unpaired) electrons. The van der Waals surface area contributed by atoms with Gasteiger partial charge in [-0.25, -0.2) is 4.68 Å². The molecule has 1 saturated heterocycles. The maximum atomic E-state index is 13.6. The second-order valence-corrected chi connectivity index (χ2v) is 11.4. The van der Waals surface area contributed by atoms with E-state index in [0.29, 0.717) is 18.9 Å². The minimum absolute atomic E-state index is 0.0525. The molecule has 4 nitrogen and oxygen atoms in total. The van der Waals surface area contributed by atoms with Crippen LogP contribution in [0.5, 0.6) is 0 Å². The van der Waals surface area contributed by atoms with Gasteiger partial charge in [-0.3, -0.25) is 0 Å². The quantitative estimate of drug-likeness (QED) is 0.294. The number of alkyl halides is 3. The largest absolute Gasteiger partial charge is 0.416 e. The van der Waals surface area contributed by atoms with Gasteiger partial charge < -0.3 is 9.47 Å². The first-order valence-corrected chi connectivity index (χ1v) is 14.3. The van der Waals surface area contributed by atoms with Crippen molar-refractivity contribution in [1.29, 1.82) is 0 Å². The van der Waals surface area contributed by atoms with Crippen molar-refractivity contribution in [2.75, 3.05) is 25.7 Å². The molecule has 0 saturated carbocycles. The molecule has 2 aliphatic rings. The van der Waals surface area contributed by atoms with Gasteiger partial charge in [-0.2, -0.15) is 30.0 Å². The lowest BCUT2D eigenvalue weighted by molar-refractivity contribution is -0.137. The maximum Gasteiger partial charge on any atom is 0.416 e.